The summed E-state index contributed by atoms with van der Waals surface area (Å²) in [7, 11) is 0. The number of fused-ring (bicyclic) bond motifs is 1. The minimum absolute atomic E-state index is 0.359. The van der Waals surface area contributed by atoms with Gasteiger partial charge in [0.25, 0.3) is 11.8 Å². The Hall–Kier alpha value is -2.88. The first-order valence-corrected chi connectivity index (χ1v) is 6.22. The summed E-state index contributed by atoms with van der Waals surface area (Å²) in [5, 5.41) is 5.40. The molecule has 4 nitrogen and oxygen atoms in total. The van der Waals surface area contributed by atoms with Crippen LogP contribution < -0.4 is 10.6 Å². The Morgan fingerprint density at radius 3 is 2.20 bits per heavy atom. The van der Waals surface area contributed by atoms with E-state index in [1.54, 1.807) is 30.5 Å². The molecule has 1 heterocycles. The maximum absolute atomic E-state index is 11.9. The quantitative estimate of drug-likeness (QED) is 0.647. The van der Waals surface area contributed by atoms with Crippen molar-refractivity contribution < 1.29 is 9.59 Å². The first-order chi connectivity index (χ1) is 9.75. The van der Waals surface area contributed by atoms with E-state index < -0.39 is 5.91 Å². The maximum Gasteiger partial charge on any atom is 0.260 e. The minimum Gasteiger partial charge on any atom is -0.361 e. The fraction of sp³-hybridized carbons (Fsp3) is 0. The second kappa shape index (κ2) is 5.01. The topological polar surface area (TPSA) is 58.2 Å². The van der Waals surface area contributed by atoms with Gasteiger partial charge in [0.05, 0.1) is 5.57 Å². The fourth-order valence-corrected chi connectivity index (χ4v) is 2.11. The van der Waals surface area contributed by atoms with Crippen molar-refractivity contribution >= 4 is 23.1 Å². The number of rotatable bonds is 2. The Morgan fingerprint density at radius 2 is 1.45 bits per heavy atom. The first-order valence-electron chi connectivity index (χ1n) is 6.22. The number of carbonyl (C=O) groups excluding carboxylic acids is 2. The summed E-state index contributed by atoms with van der Waals surface area (Å²) in [6.45, 7) is 0. The summed E-state index contributed by atoms with van der Waals surface area (Å²) >= 11 is 0. The van der Waals surface area contributed by atoms with Crippen LogP contribution in [-0.4, -0.2) is 11.8 Å². The normalized spacial score (nSPS) is 15.7. The lowest BCUT2D eigenvalue weighted by molar-refractivity contribution is -0.114. The van der Waals surface area contributed by atoms with Gasteiger partial charge < -0.3 is 5.32 Å². The van der Waals surface area contributed by atoms with Crippen LogP contribution >= 0.6 is 0 Å². The number of amides is 2. The number of hydrogen-bond acceptors (Lipinski definition) is 3. The molecule has 0 fully saturated rings. The van der Waals surface area contributed by atoms with Crippen LogP contribution in [0.1, 0.15) is 15.9 Å². The van der Waals surface area contributed by atoms with Gasteiger partial charge in [0.2, 0.25) is 0 Å². The molecule has 1 aliphatic rings. The van der Waals surface area contributed by atoms with Crippen LogP contribution in [0.3, 0.4) is 0 Å². The Labute approximate surface area is 116 Å². The van der Waals surface area contributed by atoms with E-state index >= 15 is 0 Å². The van der Waals surface area contributed by atoms with Crippen LogP contribution in [0, 0.1) is 0 Å². The molecular weight excluding hydrogens is 252 g/mol. The highest BCUT2D eigenvalue weighted by molar-refractivity contribution is 6.31. The van der Waals surface area contributed by atoms with Crippen LogP contribution in [0.15, 0.2) is 60.8 Å². The average molecular weight is 264 g/mol. The van der Waals surface area contributed by atoms with E-state index in [-0.39, 0.29) is 5.91 Å². The van der Waals surface area contributed by atoms with E-state index in [1.807, 2.05) is 30.3 Å². The van der Waals surface area contributed by atoms with Crippen molar-refractivity contribution in [2.45, 2.75) is 0 Å². The second-order valence-corrected chi connectivity index (χ2v) is 4.40. The van der Waals surface area contributed by atoms with Crippen LogP contribution in [0.4, 0.5) is 5.69 Å². The molecule has 20 heavy (non-hydrogen) atoms. The zero-order chi connectivity index (χ0) is 13.9. The second-order valence-electron chi connectivity index (χ2n) is 4.40. The zero-order valence-corrected chi connectivity index (χ0v) is 10.6. The lowest BCUT2D eigenvalue weighted by Gasteiger charge is -2.18. The Kier molecular flexibility index (Phi) is 3.05. The predicted molar refractivity (Wildman–Crippen MR) is 77.0 cm³/mol. The number of hydrogen-bond donors (Lipinski definition) is 2. The van der Waals surface area contributed by atoms with Crippen molar-refractivity contribution in [2.24, 2.45) is 0 Å². The van der Waals surface area contributed by atoms with Gasteiger partial charge in [-0.05, 0) is 18.2 Å². The highest BCUT2D eigenvalue weighted by Crippen LogP contribution is 2.23. The van der Waals surface area contributed by atoms with Crippen molar-refractivity contribution in [1.29, 1.82) is 0 Å². The maximum atomic E-state index is 11.9. The molecule has 4 heteroatoms. The fourth-order valence-electron chi connectivity index (χ4n) is 2.11. The van der Waals surface area contributed by atoms with Crippen molar-refractivity contribution in [1.82, 2.24) is 5.32 Å². The third kappa shape index (κ3) is 2.19. The number of imide groups is 1. The monoisotopic (exact) mass is 264 g/mol. The van der Waals surface area contributed by atoms with Crippen LogP contribution in [0.5, 0.6) is 0 Å². The SMILES string of the molecule is O=C1NC(=O)c2ccccc2C1=CNc1ccccc1. The molecule has 0 spiro atoms. The summed E-state index contributed by atoms with van der Waals surface area (Å²) in [6.07, 6.45) is 1.62. The molecule has 1 aliphatic heterocycles. The number of para-hydroxylation sites is 1. The van der Waals surface area contributed by atoms with E-state index in [0.29, 0.717) is 16.7 Å². The molecule has 0 saturated carbocycles. The van der Waals surface area contributed by atoms with E-state index in [0.717, 1.165) is 5.69 Å². The standard InChI is InChI=1S/C16H12N2O2/c19-15-13-9-5-4-8-12(13)14(16(20)18-15)10-17-11-6-2-1-3-7-11/h1-10,17H,(H,18,19,20). The van der Waals surface area contributed by atoms with Crippen LogP contribution in [0.25, 0.3) is 5.57 Å². The van der Waals surface area contributed by atoms with E-state index in [2.05, 4.69) is 10.6 Å². The highest BCUT2D eigenvalue weighted by atomic mass is 16.2. The Balaban J connectivity index is 1.98. The van der Waals surface area contributed by atoms with Gasteiger partial charge >= 0.3 is 0 Å². The predicted octanol–water partition coefficient (Wildman–Crippen LogP) is 2.41. The molecule has 0 unspecified atom stereocenters. The third-order valence-corrected chi connectivity index (χ3v) is 3.09. The average Bonchev–Trinajstić information content (AvgIpc) is 2.48. The van der Waals surface area contributed by atoms with E-state index in [4.69, 9.17) is 0 Å². The molecule has 2 amide bonds. The smallest absolute Gasteiger partial charge is 0.260 e. The summed E-state index contributed by atoms with van der Waals surface area (Å²) in [6, 6.07) is 16.6. The Bertz CT molecular complexity index is 705. The molecule has 0 saturated heterocycles. The number of nitrogens with one attached hydrogen (secondary N) is 2. The summed E-state index contributed by atoms with van der Waals surface area (Å²) in [5.74, 6) is -0.750. The van der Waals surface area contributed by atoms with Gasteiger partial charge in [0, 0.05) is 23.0 Å². The lowest BCUT2D eigenvalue weighted by atomic mass is 9.96. The van der Waals surface area contributed by atoms with Crippen molar-refractivity contribution in [2.75, 3.05) is 5.32 Å². The van der Waals surface area contributed by atoms with Gasteiger partial charge in [0.1, 0.15) is 0 Å². The number of anilines is 1. The van der Waals surface area contributed by atoms with Gasteiger partial charge in [0.15, 0.2) is 0 Å². The van der Waals surface area contributed by atoms with Crippen LogP contribution in [0.2, 0.25) is 0 Å². The summed E-state index contributed by atoms with van der Waals surface area (Å²) in [4.78, 5) is 23.7. The van der Waals surface area contributed by atoms with Gasteiger partial charge in [-0.15, -0.1) is 0 Å². The summed E-state index contributed by atoms with van der Waals surface area (Å²) in [5.41, 5.74) is 2.48. The molecule has 0 radical (unpaired) electrons. The lowest BCUT2D eigenvalue weighted by Crippen LogP contribution is -2.36. The van der Waals surface area contributed by atoms with Gasteiger partial charge in [-0.3, -0.25) is 14.9 Å². The van der Waals surface area contributed by atoms with Gasteiger partial charge in [-0.2, -0.15) is 0 Å². The van der Waals surface area contributed by atoms with E-state index in [9.17, 15) is 9.59 Å². The van der Waals surface area contributed by atoms with Gasteiger partial charge in [-0.1, -0.05) is 36.4 Å². The largest absolute Gasteiger partial charge is 0.361 e. The molecule has 2 aromatic rings. The molecule has 0 bridgehead atoms. The highest BCUT2D eigenvalue weighted by Gasteiger charge is 2.26. The molecule has 0 aliphatic carbocycles. The summed E-state index contributed by atoms with van der Waals surface area (Å²) < 4.78 is 0. The number of carbonyl (C=O) groups is 2. The zero-order valence-electron chi connectivity index (χ0n) is 10.6. The molecular formula is C16H12N2O2. The molecule has 2 N–H and O–H groups in total. The van der Waals surface area contributed by atoms with Crippen molar-refractivity contribution in [3.05, 3.63) is 71.9 Å². The Morgan fingerprint density at radius 1 is 0.800 bits per heavy atom. The molecule has 98 valence electrons. The molecule has 2 aromatic carbocycles. The molecule has 0 aromatic heterocycles. The van der Waals surface area contributed by atoms with Crippen molar-refractivity contribution in [3.63, 3.8) is 0 Å². The third-order valence-electron chi connectivity index (χ3n) is 3.09. The van der Waals surface area contributed by atoms with E-state index in [1.165, 1.54) is 0 Å². The number of benzene rings is 2. The molecule has 3 rings (SSSR count). The molecule has 0 atom stereocenters. The first kappa shape index (κ1) is 12.2. The minimum atomic E-state index is -0.392. The van der Waals surface area contributed by atoms with Crippen LogP contribution in [-0.2, 0) is 4.79 Å². The van der Waals surface area contributed by atoms with Gasteiger partial charge in [-0.25, -0.2) is 0 Å². The van der Waals surface area contributed by atoms with Crippen molar-refractivity contribution in [3.8, 4) is 0 Å².